The smallest absolute Gasteiger partial charge is 0.341 e. The number of hydrogen-bond acceptors (Lipinski definition) is 4. The standard InChI is InChI=1S/C10H11FO4/c1-13-8-5-6(11)4-7(9(8)14-2)10(12)15-3/h4-5H,1-3H3. The summed E-state index contributed by atoms with van der Waals surface area (Å²) in [7, 11) is 3.93. The normalized spacial score (nSPS) is 9.60. The minimum atomic E-state index is -0.676. The number of benzene rings is 1. The molecule has 0 saturated heterocycles. The molecule has 0 N–H and O–H groups in total. The molecular weight excluding hydrogens is 203 g/mol. The number of halogens is 1. The van der Waals surface area contributed by atoms with E-state index in [0.717, 1.165) is 12.1 Å². The van der Waals surface area contributed by atoms with Crippen molar-refractivity contribution in [2.24, 2.45) is 0 Å². The van der Waals surface area contributed by atoms with Crippen molar-refractivity contribution in [1.29, 1.82) is 0 Å². The maximum Gasteiger partial charge on any atom is 0.341 e. The van der Waals surface area contributed by atoms with Crippen LogP contribution in [0.5, 0.6) is 11.5 Å². The molecule has 0 saturated carbocycles. The summed E-state index contributed by atoms with van der Waals surface area (Å²) >= 11 is 0. The van der Waals surface area contributed by atoms with Gasteiger partial charge in [-0.15, -0.1) is 0 Å². The zero-order valence-corrected chi connectivity index (χ0v) is 8.67. The van der Waals surface area contributed by atoms with Gasteiger partial charge in [0.1, 0.15) is 11.4 Å². The van der Waals surface area contributed by atoms with Crippen LogP contribution in [0.25, 0.3) is 0 Å². The van der Waals surface area contributed by atoms with Gasteiger partial charge in [-0.25, -0.2) is 9.18 Å². The fourth-order valence-electron chi connectivity index (χ4n) is 1.19. The molecule has 1 aromatic carbocycles. The second-order valence-corrected chi connectivity index (χ2v) is 2.68. The van der Waals surface area contributed by atoms with Gasteiger partial charge in [-0.05, 0) is 6.07 Å². The zero-order valence-electron chi connectivity index (χ0n) is 8.67. The number of esters is 1. The second-order valence-electron chi connectivity index (χ2n) is 2.68. The monoisotopic (exact) mass is 214 g/mol. The summed E-state index contributed by atoms with van der Waals surface area (Å²) in [5.74, 6) is -0.957. The Morgan fingerprint density at radius 2 is 1.87 bits per heavy atom. The molecule has 0 radical (unpaired) electrons. The SMILES string of the molecule is COC(=O)c1cc(F)cc(OC)c1OC. The Hall–Kier alpha value is -1.78. The summed E-state index contributed by atoms with van der Waals surface area (Å²) in [6.45, 7) is 0. The van der Waals surface area contributed by atoms with E-state index in [1.54, 1.807) is 0 Å². The maximum absolute atomic E-state index is 13.1. The molecule has 0 aromatic heterocycles. The van der Waals surface area contributed by atoms with Crippen LogP contribution < -0.4 is 9.47 Å². The van der Waals surface area contributed by atoms with Gasteiger partial charge in [0.15, 0.2) is 11.5 Å². The highest BCUT2D eigenvalue weighted by Crippen LogP contribution is 2.32. The van der Waals surface area contributed by atoms with Crippen LogP contribution in [0.1, 0.15) is 10.4 Å². The van der Waals surface area contributed by atoms with Crippen LogP contribution in [0, 0.1) is 5.82 Å². The van der Waals surface area contributed by atoms with Gasteiger partial charge in [0.2, 0.25) is 0 Å². The zero-order chi connectivity index (χ0) is 11.4. The van der Waals surface area contributed by atoms with Crippen LogP contribution in [0.3, 0.4) is 0 Å². The highest BCUT2D eigenvalue weighted by Gasteiger charge is 2.18. The molecule has 0 aliphatic heterocycles. The third kappa shape index (κ3) is 2.18. The summed E-state index contributed by atoms with van der Waals surface area (Å²) in [5.41, 5.74) is -0.00292. The van der Waals surface area contributed by atoms with Crippen molar-refractivity contribution < 1.29 is 23.4 Å². The molecular formula is C10H11FO4. The Morgan fingerprint density at radius 3 is 2.33 bits per heavy atom. The molecule has 0 heterocycles. The first-order chi connectivity index (χ1) is 7.13. The van der Waals surface area contributed by atoms with Gasteiger partial charge in [-0.2, -0.15) is 0 Å². The molecule has 5 heteroatoms. The molecule has 15 heavy (non-hydrogen) atoms. The lowest BCUT2D eigenvalue weighted by atomic mass is 10.2. The number of carbonyl (C=O) groups excluding carboxylic acids is 1. The van der Waals surface area contributed by atoms with E-state index < -0.39 is 11.8 Å². The minimum Gasteiger partial charge on any atom is -0.493 e. The maximum atomic E-state index is 13.1. The summed E-state index contributed by atoms with van der Waals surface area (Å²) in [4.78, 5) is 11.3. The summed E-state index contributed by atoms with van der Waals surface area (Å²) < 4.78 is 27.4. The van der Waals surface area contributed by atoms with Crippen molar-refractivity contribution in [3.8, 4) is 11.5 Å². The fourth-order valence-corrected chi connectivity index (χ4v) is 1.19. The van der Waals surface area contributed by atoms with Crippen LogP contribution in [-0.4, -0.2) is 27.3 Å². The van der Waals surface area contributed by atoms with E-state index in [1.165, 1.54) is 21.3 Å². The van der Waals surface area contributed by atoms with Gasteiger partial charge in [0, 0.05) is 6.07 Å². The molecule has 0 bridgehead atoms. The van der Waals surface area contributed by atoms with Crippen molar-refractivity contribution in [2.75, 3.05) is 21.3 Å². The fraction of sp³-hybridized carbons (Fsp3) is 0.300. The molecule has 0 spiro atoms. The lowest BCUT2D eigenvalue weighted by molar-refractivity contribution is 0.0595. The molecule has 0 unspecified atom stereocenters. The molecule has 0 fully saturated rings. The number of carbonyl (C=O) groups is 1. The topological polar surface area (TPSA) is 44.8 Å². The summed E-state index contributed by atoms with van der Waals surface area (Å²) in [6, 6.07) is 2.17. The van der Waals surface area contributed by atoms with Gasteiger partial charge in [0.05, 0.1) is 21.3 Å². The third-order valence-electron chi connectivity index (χ3n) is 1.85. The first-order valence-electron chi connectivity index (χ1n) is 4.13. The van der Waals surface area contributed by atoms with Crippen molar-refractivity contribution in [3.05, 3.63) is 23.5 Å². The van der Waals surface area contributed by atoms with Gasteiger partial charge in [-0.1, -0.05) is 0 Å². The van der Waals surface area contributed by atoms with E-state index in [0.29, 0.717) is 0 Å². The van der Waals surface area contributed by atoms with E-state index in [9.17, 15) is 9.18 Å². The predicted molar refractivity (Wildman–Crippen MR) is 50.8 cm³/mol. The molecule has 0 amide bonds. The number of hydrogen-bond donors (Lipinski definition) is 0. The molecule has 0 aliphatic rings. The summed E-state index contributed by atoms with van der Waals surface area (Å²) in [6.07, 6.45) is 0. The molecule has 0 aliphatic carbocycles. The lowest BCUT2D eigenvalue weighted by Gasteiger charge is -2.11. The van der Waals surface area contributed by atoms with Crippen molar-refractivity contribution in [1.82, 2.24) is 0 Å². The Labute approximate surface area is 86.6 Å². The largest absolute Gasteiger partial charge is 0.493 e. The number of ether oxygens (including phenoxy) is 3. The first kappa shape index (κ1) is 11.3. The molecule has 1 aromatic rings. The van der Waals surface area contributed by atoms with Crippen LogP contribution >= 0.6 is 0 Å². The number of rotatable bonds is 3. The van der Waals surface area contributed by atoms with Crippen LogP contribution in [0.15, 0.2) is 12.1 Å². The van der Waals surface area contributed by atoms with Gasteiger partial charge >= 0.3 is 5.97 Å². The molecule has 1 rings (SSSR count). The van der Waals surface area contributed by atoms with E-state index >= 15 is 0 Å². The highest BCUT2D eigenvalue weighted by atomic mass is 19.1. The Bertz CT molecular complexity index is 376. The number of methoxy groups -OCH3 is 3. The van der Waals surface area contributed by atoms with Gasteiger partial charge in [-0.3, -0.25) is 0 Å². The average Bonchev–Trinajstić information content (AvgIpc) is 2.26. The van der Waals surface area contributed by atoms with Crippen LogP contribution in [0.4, 0.5) is 4.39 Å². The van der Waals surface area contributed by atoms with E-state index in [-0.39, 0.29) is 17.1 Å². The van der Waals surface area contributed by atoms with Crippen molar-refractivity contribution in [2.45, 2.75) is 0 Å². The van der Waals surface area contributed by atoms with E-state index in [1.807, 2.05) is 0 Å². The van der Waals surface area contributed by atoms with E-state index in [2.05, 4.69) is 4.74 Å². The first-order valence-corrected chi connectivity index (χ1v) is 4.13. The second kappa shape index (κ2) is 4.63. The Balaban J connectivity index is 3.35. The Kier molecular flexibility index (Phi) is 3.49. The molecule has 4 nitrogen and oxygen atoms in total. The lowest BCUT2D eigenvalue weighted by Crippen LogP contribution is -2.06. The van der Waals surface area contributed by atoms with Crippen molar-refractivity contribution in [3.63, 3.8) is 0 Å². The summed E-state index contributed by atoms with van der Waals surface area (Å²) in [5, 5.41) is 0. The molecule has 82 valence electrons. The minimum absolute atomic E-state index is 0.00292. The van der Waals surface area contributed by atoms with Gasteiger partial charge in [0.25, 0.3) is 0 Å². The average molecular weight is 214 g/mol. The van der Waals surface area contributed by atoms with Crippen LogP contribution in [0.2, 0.25) is 0 Å². The third-order valence-corrected chi connectivity index (χ3v) is 1.85. The predicted octanol–water partition coefficient (Wildman–Crippen LogP) is 1.63. The Morgan fingerprint density at radius 1 is 1.20 bits per heavy atom. The van der Waals surface area contributed by atoms with Gasteiger partial charge < -0.3 is 14.2 Å². The molecule has 0 atom stereocenters. The quantitative estimate of drug-likeness (QED) is 0.717. The van der Waals surface area contributed by atoms with Crippen LogP contribution in [-0.2, 0) is 4.74 Å². The van der Waals surface area contributed by atoms with E-state index in [4.69, 9.17) is 9.47 Å². The highest BCUT2D eigenvalue weighted by molar-refractivity contribution is 5.93. The van der Waals surface area contributed by atoms with Crippen molar-refractivity contribution >= 4 is 5.97 Å².